The second kappa shape index (κ2) is 5.62. The average molecular weight is 248 g/mol. The van der Waals surface area contributed by atoms with E-state index in [1.807, 2.05) is 0 Å². The van der Waals surface area contributed by atoms with Gasteiger partial charge in [0.05, 0.1) is 13.2 Å². The van der Waals surface area contributed by atoms with Crippen LogP contribution in [-0.4, -0.2) is 10.2 Å². The third-order valence-electron chi connectivity index (χ3n) is 2.56. The van der Waals surface area contributed by atoms with Gasteiger partial charge >= 0.3 is 0 Å². The molecule has 0 aliphatic heterocycles. The first kappa shape index (κ1) is 12.5. The van der Waals surface area contributed by atoms with E-state index in [-0.39, 0.29) is 13.2 Å². The molecule has 0 aromatic heterocycles. The number of halogens is 1. The van der Waals surface area contributed by atoms with Crippen LogP contribution in [0.2, 0.25) is 0 Å². The van der Waals surface area contributed by atoms with E-state index in [1.54, 1.807) is 24.3 Å². The fourth-order valence-electron chi connectivity index (χ4n) is 1.62. The zero-order valence-electron chi connectivity index (χ0n) is 9.64. The minimum Gasteiger partial charge on any atom is -0.457 e. The molecule has 0 bridgehead atoms. The number of para-hydroxylation sites is 1. The lowest BCUT2D eigenvalue weighted by Gasteiger charge is -2.12. The van der Waals surface area contributed by atoms with Crippen molar-refractivity contribution in [3.8, 4) is 11.5 Å². The molecule has 0 saturated carbocycles. The van der Waals surface area contributed by atoms with Crippen LogP contribution in [0.4, 0.5) is 4.39 Å². The van der Waals surface area contributed by atoms with E-state index in [2.05, 4.69) is 0 Å². The van der Waals surface area contributed by atoms with Crippen molar-refractivity contribution in [1.29, 1.82) is 0 Å². The van der Waals surface area contributed by atoms with Gasteiger partial charge in [-0.05, 0) is 24.3 Å². The number of ether oxygens (including phenoxy) is 1. The van der Waals surface area contributed by atoms with E-state index < -0.39 is 5.82 Å². The minimum absolute atomic E-state index is 0.147. The molecule has 0 fully saturated rings. The molecule has 0 saturated heterocycles. The highest BCUT2D eigenvalue weighted by Gasteiger charge is 2.08. The maximum Gasteiger partial charge on any atom is 0.133 e. The Kier molecular flexibility index (Phi) is 3.92. The summed E-state index contributed by atoms with van der Waals surface area (Å²) in [6.07, 6.45) is 0. The Morgan fingerprint density at radius 3 is 2.28 bits per heavy atom. The maximum atomic E-state index is 13.0. The van der Waals surface area contributed by atoms with Gasteiger partial charge in [-0.15, -0.1) is 0 Å². The quantitative estimate of drug-likeness (QED) is 0.874. The van der Waals surface area contributed by atoms with Crippen molar-refractivity contribution >= 4 is 0 Å². The first-order chi connectivity index (χ1) is 8.74. The molecule has 3 nitrogen and oxygen atoms in total. The average Bonchev–Trinajstić information content (AvgIpc) is 2.41. The number of hydrogen-bond donors (Lipinski definition) is 2. The highest BCUT2D eigenvalue weighted by Crippen LogP contribution is 2.28. The number of benzene rings is 2. The van der Waals surface area contributed by atoms with Gasteiger partial charge in [0.2, 0.25) is 0 Å². The van der Waals surface area contributed by atoms with Gasteiger partial charge in [0.15, 0.2) is 0 Å². The van der Waals surface area contributed by atoms with Crippen LogP contribution in [0, 0.1) is 5.82 Å². The molecule has 4 heteroatoms. The van der Waals surface area contributed by atoms with Crippen molar-refractivity contribution in [2.24, 2.45) is 0 Å². The second-order valence-corrected chi connectivity index (χ2v) is 3.78. The van der Waals surface area contributed by atoms with Crippen LogP contribution in [0.15, 0.2) is 42.5 Å². The van der Waals surface area contributed by atoms with Gasteiger partial charge in [-0.1, -0.05) is 18.2 Å². The Hall–Kier alpha value is -1.91. The Morgan fingerprint density at radius 2 is 1.56 bits per heavy atom. The minimum atomic E-state index is -0.429. The van der Waals surface area contributed by atoms with Crippen molar-refractivity contribution in [3.63, 3.8) is 0 Å². The van der Waals surface area contributed by atoms with Gasteiger partial charge in [-0.2, -0.15) is 0 Å². The van der Waals surface area contributed by atoms with Crippen LogP contribution in [-0.2, 0) is 13.2 Å². The topological polar surface area (TPSA) is 49.7 Å². The van der Waals surface area contributed by atoms with Crippen LogP contribution in [0.3, 0.4) is 0 Å². The normalized spacial score (nSPS) is 10.4. The molecule has 0 aliphatic rings. The summed E-state index contributed by atoms with van der Waals surface area (Å²) in [6.45, 7) is -0.458. The zero-order chi connectivity index (χ0) is 13.0. The van der Waals surface area contributed by atoms with Crippen LogP contribution in [0.5, 0.6) is 11.5 Å². The predicted octanol–water partition coefficient (Wildman–Crippen LogP) is 2.60. The van der Waals surface area contributed by atoms with Gasteiger partial charge in [0, 0.05) is 11.1 Å². The van der Waals surface area contributed by atoms with Gasteiger partial charge < -0.3 is 14.9 Å². The second-order valence-electron chi connectivity index (χ2n) is 3.78. The third kappa shape index (κ3) is 2.67. The van der Waals surface area contributed by atoms with E-state index in [0.29, 0.717) is 22.6 Å². The number of hydrogen-bond acceptors (Lipinski definition) is 3. The molecule has 0 atom stereocenters. The summed E-state index contributed by atoms with van der Waals surface area (Å²) in [7, 11) is 0. The fourth-order valence-corrected chi connectivity index (χ4v) is 1.62. The van der Waals surface area contributed by atoms with Gasteiger partial charge in [0.1, 0.15) is 17.3 Å². The van der Waals surface area contributed by atoms with Crippen molar-refractivity contribution in [1.82, 2.24) is 0 Å². The lowest BCUT2D eigenvalue weighted by atomic mass is 10.2. The predicted molar refractivity (Wildman–Crippen MR) is 64.8 cm³/mol. The molecule has 2 N–H and O–H groups in total. The van der Waals surface area contributed by atoms with Gasteiger partial charge in [-0.3, -0.25) is 0 Å². The lowest BCUT2D eigenvalue weighted by molar-refractivity contribution is 0.270. The van der Waals surface area contributed by atoms with Crippen LogP contribution >= 0.6 is 0 Å². The highest BCUT2D eigenvalue weighted by atomic mass is 19.1. The Bertz CT molecular complexity index is 540. The summed E-state index contributed by atoms with van der Waals surface area (Å²) in [6, 6.07) is 10.9. The molecule has 2 rings (SSSR count). The largest absolute Gasteiger partial charge is 0.457 e. The van der Waals surface area contributed by atoms with E-state index in [0.717, 1.165) is 0 Å². The molecule has 18 heavy (non-hydrogen) atoms. The molecule has 0 unspecified atom stereocenters. The molecule has 2 aromatic rings. The van der Waals surface area contributed by atoms with E-state index in [1.165, 1.54) is 18.2 Å². The molecule has 0 aliphatic carbocycles. The maximum absolute atomic E-state index is 13.0. The Labute approximate surface area is 104 Å². The molecular weight excluding hydrogens is 235 g/mol. The van der Waals surface area contributed by atoms with Crippen molar-refractivity contribution in [2.45, 2.75) is 13.2 Å². The number of aliphatic hydroxyl groups is 2. The van der Waals surface area contributed by atoms with Crippen molar-refractivity contribution < 1.29 is 19.3 Å². The van der Waals surface area contributed by atoms with E-state index in [4.69, 9.17) is 9.84 Å². The zero-order valence-corrected chi connectivity index (χ0v) is 9.64. The van der Waals surface area contributed by atoms with Crippen LogP contribution < -0.4 is 4.74 Å². The fraction of sp³-hybridized carbons (Fsp3) is 0.143. The van der Waals surface area contributed by atoms with Gasteiger partial charge in [0.25, 0.3) is 0 Å². The van der Waals surface area contributed by atoms with Crippen molar-refractivity contribution in [2.75, 3.05) is 0 Å². The summed E-state index contributed by atoms with van der Waals surface area (Å²) in [4.78, 5) is 0. The Balaban J connectivity index is 2.33. The summed E-state index contributed by atoms with van der Waals surface area (Å²) in [5.74, 6) is 0.433. The number of aliphatic hydroxyl groups excluding tert-OH is 2. The molecule has 94 valence electrons. The van der Waals surface area contributed by atoms with Crippen LogP contribution in [0.1, 0.15) is 11.1 Å². The number of rotatable bonds is 4. The lowest BCUT2D eigenvalue weighted by Crippen LogP contribution is -1.95. The van der Waals surface area contributed by atoms with E-state index in [9.17, 15) is 9.50 Å². The third-order valence-corrected chi connectivity index (χ3v) is 2.56. The Morgan fingerprint density at radius 1 is 0.889 bits per heavy atom. The molecule has 0 amide bonds. The summed E-state index contributed by atoms with van der Waals surface area (Å²) < 4.78 is 18.6. The molecule has 0 radical (unpaired) electrons. The first-order valence-corrected chi connectivity index (χ1v) is 5.50. The molecular formula is C14H13FO3. The monoisotopic (exact) mass is 248 g/mol. The SMILES string of the molecule is OCc1ccccc1Oc1ccc(F)cc1CO. The highest BCUT2D eigenvalue weighted by molar-refractivity contribution is 5.41. The standard InChI is InChI=1S/C14H13FO3/c15-12-5-6-14(11(7-12)9-17)18-13-4-2-1-3-10(13)8-16/h1-7,16-17H,8-9H2. The van der Waals surface area contributed by atoms with Crippen LogP contribution in [0.25, 0.3) is 0 Å². The van der Waals surface area contributed by atoms with Gasteiger partial charge in [-0.25, -0.2) is 4.39 Å². The van der Waals surface area contributed by atoms with E-state index >= 15 is 0 Å². The van der Waals surface area contributed by atoms with Crippen molar-refractivity contribution in [3.05, 3.63) is 59.4 Å². The summed E-state index contributed by atoms with van der Waals surface area (Å²) in [5.41, 5.74) is 0.994. The molecule has 2 aromatic carbocycles. The molecule has 0 heterocycles. The smallest absolute Gasteiger partial charge is 0.133 e. The summed E-state index contributed by atoms with van der Waals surface area (Å²) >= 11 is 0. The molecule has 0 spiro atoms. The summed E-state index contributed by atoms with van der Waals surface area (Å²) in [5, 5.41) is 18.3. The first-order valence-electron chi connectivity index (χ1n) is 5.50.